The summed E-state index contributed by atoms with van der Waals surface area (Å²) in [5.41, 5.74) is 13.0. The van der Waals surface area contributed by atoms with E-state index in [9.17, 15) is 19.2 Å². The van der Waals surface area contributed by atoms with Crippen LogP contribution in [0.1, 0.15) is 50.7 Å². The van der Waals surface area contributed by atoms with Gasteiger partial charge in [0.2, 0.25) is 23.6 Å². The van der Waals surface area contributed by atoms with Crippen molar-refractivity contribution in [2.45, 2.75) is 76.0 Å². The van der Waals surface area contributed by atoms with E-state index in [-0.39, 0.29) is 24.7 Å². The third kappa shape index (κ3) is 11.8. The van der Waals surface area contributed by atoms with E-state index >= 15 is 0 Å². The fraction of sp³-hybridized carbons (Fsp3) is 0.436. The number of hydrogen-bond donors (Lipinski definition) is 3. The van der Waals surface area contributed by atoms with Gasteiger partial charge in [0, 0.05) is 46.6 Å². The molecule has 0 radical (unpaired) electrons. The van der Waals surface area contributed by atoms with Crippen molar-refractivity contribution in [2.24, 2.45) is 11.5 Å². The van der Waals surface area contributed by atoms with Crippen molar-refractivity contribution in [1.82, 2.24) is 20.0 Å². The summed E-state index contributed by atoms with van der Waals surface area (Å²) in [5.74, 6) is -1.43. The summed E-state index contributed by atoms with van der Waals surface area (Å²) in [4.78, 5) is 59.6. The van der Waals surface area contributed by atoms with Gasteiger partial charge in [-0.2, -0.15) is 0 Å². The normalized spacial score (nSPS) is 13.5. The van der Waals surface area contributed by atoms with Crippen molar-refractivity contribution in [1.29, 1.82) is 0 Å². The number of carbonyl (C=O) groups is 4. The summed E-state index contributed by atoms with van der Waals surface area (Å²) in [7, 11) is 6.49. The molecule has 10 heteroatoms. The Morgan fingerprint density at radius 1 is 0.776 bits per heavy atom. The molecule has 0 aliphatic rings. The molecule has 0 aliphatic carbocycles. The molecule has 3 atom stereocenters. The molecule has 0 heterocycles. The number of likely N-dealkylation sites (N-methyl/N-ethyl adjacent to an activating group) is 3. The van der Waals surface area contributed by atoms with Gasteiger partial charge in [0.1, 0.15) is 18.1 Å². The number of benzene rings is 3. The molecule has 0 saturated heterocycles. The topological polar surface area (TPSA) is 142 Å². The highest BCUT2D eigenvalue weighted by atomic mass is 16.2. The second-order valence-corrected chi connectivity index (χ2v) is 13.7. The molecule has 3 aromatic carbocycles. The molecular weight excluding hydrogens is 616 g/mol. The van der Waals surface area contributed by atoms with Crippen LogP contribution < -0.4 is 16.8 Å². The molecular formula is C39H54N6O4. The first-order valence-electron chi connectivity index (χ1n) is 16.9. The van der Waals surface area contributed by atoms with Gasteiger partial charge in [-0.1, -0.05) is 78.9 Å². The Morgan fingerprint density at radius 3 is 2.04 bits per heavy atom. The summed E-state index contributed by atoms with van der Waals surface area (Å²) in [6.07, 6.45) is 5.89. The molecule has 0 bridgehead atoms. The highest BCUT2D eigenvalue weighted by molar-refractivity contribution is 5.96. The van der Waals surface area contributed by atoms with E-state index in [2.05, 4.69) is 5.32 Å². The van der Waals surface area contributed by atoms with E-state index in [1.54, 1.807) is 34.3 Å². The molecule has 10 nitrogen and oxygen atoms in total. The highest BCUT2D eigenvalue weighted by Crippen LogP contribution is 2.20. The van der Waals surface area contributed by atoms with Crippen molar-refractivity contribution >= 4 is 34.4 Å². The van der Waals surface area contributed by atoms with Gasteiger partial charge in [0.25, 0.3) is 0 Å². The minimum Gasteiger partial charge on any atom is -0.347 e. The predicted molar refractivity (Wildman–Crippen MR) is 196 cm³/mol. The minimum atomic E-state index is -0.960. The summed E-state index contributed by atoms with van der Waals surface area (Å²) in [6, 6.07) is 20.7. The maximum Gasteiger partial charge on any atom is 0.246 e. The van der Waals surface area contributed by atoms with Gasteiger partial charge in [-0.15, -0.1) is 0 Å². The maximum absolute atomic E-state index is 14.6. The molecule has 0 aromatic heterocycles. The highest BCUT2D eigenvalue weighted by Gasteiger charge is 2.36. The second kappa shape index (κ2) is 18.3. The van der Waals surface area contributed by atoms with Crippen LogP contribution in [0.5, 0.6) is 0 Å². The molecule has 0 aliphatic heterocycles. The van der Waals surface area contributed by atoms with Crippen LogP contribution in [-0.4, -0.2) is 96.7 Å². The largest absolute Gasteiger partial charge is 0.347 e. The molecule has 3 aromatic rings. The van der Waals surface area contributed by atoms with E-state index in [1.807, 2.05) is 86.6 Å². The Hall–Kier alpha value is -4.54. The van der Waals surface area contributed by atoms with Crippen LogP contribution in [0, 0.1) is 0 Å². The van der Waals surface area contributed by atoms with Gasteiger partial charge in [-0.3, -0.25) is 19.2 Å². The van der Waals surface area contributed by atoms with Gasteiger partial charge >= 0.3 is 0 Å². The summed E-state index contributed by atoms with van der Waals surface area (Å²) in [5, 5.41) is 5.03. The lowest BCUT2D eigenvalue weighted by atomic mass is 9.98. The fourth-order valence-corrected chi connectivity index (χ4v) is 5.67. The molecule has 0 spiro atoms. The molecule has 49 heavy (non-hydrogen) atoms. The molecule has 264 valence electrons. The average Bonchev–Trinajstić information content (AvgIpc) is 3.07. The first-order valence-corrected chi connectivity index (χ1v) is 16.9. The summed E-state index contributed by atoms with van der Waals surface area (Å²) < 4.78 is 0. The Bertz CT molecular complexity index is 1580. The monoisotopic (exact) mass is 670 g/mol. The number of carbonyl (C=O) groups excluding carboxylic acids is 4. The predicted octanol–water partition coefficient (Wildman–Crippen LogP) is 3.66. The fourth-order valence-electron chi connectivity index (χ4n) is 5.67. The van der Waals surface area contributed by atoms with Gasteiger partial charge in [-0.25, -0.2) is 0 Å². The van der Waals surface area contributed by atoms with Crippen LogP contribution in [0.4, 0.5) is 0 Å². The van der Waals surface area contributed by atoms with Crippen LogP contribution >= 0.6 is 0 Å². The van der Waals surface area contributed by atoms with Crippen LogP contribution in [-0.2, 0) is 32.0 Å². The smallest absolute Gasteiger partial charge is 0.246 e. The zero-order chi connectivity index (χ0) is 36.1. The molecule has 3 rings (SSSR count). The van der Waals surface area contributed by atoms with Crippen molar-refractivity contribution in [3.05, 3.63) is 96.1 Å². The van der Waals surface area contributed by atoms with Gasteiger partial charge in [0.05, 0.1) is 0 Å². The Kier molecular flexibility index (Phi) is 14.5. The van der Waals surface area contributed by atoms with Crippen molar-refractivity contribution < 1.29 is 19.2 Å². The van der Waals surface area contributed by atoms with Crippen LogP contribution in [0.25, 0.3) is 10.8 Å². The first kappa shape index (κ1) is 38.9. The summed E-state index contributed by atoms with van der Waals surface area (Å²) in [6.45, 7) is 4.23. The Balaban J connectivity index is 2.00. The van der Waals surface area contributed by atoms with E-state index in [0.29, 0.717) is 32.2 Å². The first-order chi connectivity index (χ1) is 23.2. The van der Waals surface area contributed by atoms with E-state index < -0.39 is 35.5 Å². The lowest BCUT2D eigenvalue weighted by Gasteiger charge is -2.35. The number of rotatable bonds is 17. The van der Waals surface area contributed by atoms with Gasteiger partial charge < -0.3 is 31.5 Å². The molecule has 0 saturated carbocycles. The number of amides is 4. The third-order valence-corrected chi connectivity index (χ3v) is 8.64. The van der Waals surface area contributed by atoms with Crippen LogP contribution in [0.3, 0.4) is 0 Å². The van der Waals surface area contributed by atoms with Crippen molar-refractivity contribution in [3.63, 3.8) is 0 Å². The van der Waals surface area contributed by atoms with Gasteiger partial charge in [0.15, 0.2) is 0 Å². The number of nitrogens with zero attached hydrogens (tertiary/aromatic N) is 3. The minimum absolute atomic E-state index is 0.215. The molecule has 4 amide bonds. The van der Waals surface area contributed by atoms with Crippen molar-refractivity contribution in [3.8, 4) is 0 Å². The number of unbranched alkanes of at least 4 members (excludes halogenated alkanes) is 1. The van der Waals surface area contributed by atoms with E-state index in [4.69, 9.17) is 11.5 Å². The Morgan fingerprint density at radius 2 is 1.41 bits per heavy atom. The Labute approximate surface area is 291 Å². The standard InChI is InChI=1S/C39H54N6O4/c1-39(2,41)23-14-20-35(46)44(5)34(27-29-21-22-30-17-10-11-18-31(30)25-29)38(49)45(6)33(26-28-15-8-7-9-16-28)36(47)42-32(19-12-13-24-40)37(48)43(3)4/h7-11,14-18,20-22,25,32-34H,12-13,19,23-24,26-27,40-41H2,1-6H3,(H,42,47)/b20-14+/t32-,33-,34-/m0/s1. The quantitative estimate of drug-likeness (QED) is 0.148. The van der Waals surface area contributed by atoms with E-state index in [0.717, 1.165) is 21.9 Å². The SMILES string of the molecule is CN(C)C(=O)[C@H](CCCCN)NC(=O)[C@H](Cc1ccccc1)N(C)C(=O)[C@H](Cc1ccc2ccccc2c1)N(C)C(=O)/C=C/CC(C)(C)N. The average molecular weight is 671 g/mol. The number of fused-ring (bicyclic) bond motifs is 1. The maximum atomic E-state index is 14.6. The second-order valence-electron chi connectivity index (χ2n) is 13.7. The van der Waals surface area contributed by atoms with Crippen molar-refractivity contribution in [2.75, 3.05) is 34.7 Å². The zero-order valence-corrected chi connectivity index (χ0v) is 29.9. The van der Waals surface area contributed by atoms with Crippen LogP contribution in [0.2, 0.25) is 0 Å². The van der Waals surface area contributed by atoms with Crippen LogP contribution in [0.15, 0.2) is 84.9 Å². The lowest BCUT2D eigenvalue weighted by molar-refractivity contribution is -0.146. The van der Waals surface area contributed by atoms with Gasteiger partial charge in [-0.05, 0) is 74.1 Å². The number of nitrogens with one attached hydrogen (secondary N) is 1. The molecule has 0 fully saturated rings. The zero-order valence-electron chi connectivity index (χ0n) is 29.9. The molecule has 5 N–H and O–H groups in total. The number of hydrogen-bond acceptors (Lipinski definition) is 6. The summed E-state index contributed by atoms with van der Waals surface area (Å²) >= 11 is 0. The number of nitrogens with two attached hydrogens (primary N) is 2. The molecule has 0 unspecified atom stereocenters. The third-order valence-electron chi connectivity index (χ3n) is 8.64. The lowest BCUT2D eigenvalue weighted by Crippen LogP contribution is -2.58. The van der Waals surface area contributed by atoms with E-state index in [1.165, 1.54) is 20.8 Å².